The fourth-order valence-electron chi connectivity index (χ4n) is 3.95. The minimum Gasteiger partial charge on any atom is -0.381 e. The number of nitrogens with one attached hydrogen (secondary N) is 1. The van der Waals surface area contributed by atoms with Gasteiger partial charge in [-0.05, 0) is 51.9 Å². The SMILES string of the molecule is CCNC(=NCCC1=CCCCC1)N1CCC2(CCOC2)C1.I. The van der Waals surface area contributed by atoms with E-state index in [1.807, 2.05) is 0 Å². The molecule has 0 aromatic rings. The van der Waals surface area contributed by atoms with E-state index in [0.29, 0.717) is 5.41 Å². The predicted octanol–water partition coefficient (Wildman–Crippen LogP) is 3.57. The molecule has 1 N–H and O–H groups in total. The molecule has 0 radical (unpaired) electrons. The third kappa shape index (κ3) is 5.08. The van der Waals surface area contributed by atoms with Crippen molar-refractivity contribution in [2.24, 2.45) is 10.4 Å². The number of nitrogens with zero attached hydrogens (tertiary/aromatic N) is 2. The van der Waals surface area contributed by atoms with E-state index in [-0.39, 0.29) is 24.0 Å². The Morgan fingerprint density at radius 1 is 1.39 bits per heavy atom. The molecule has 2 heterocycles. The Morgan fingerprint density at radius 2 is 2.30 bits per heavy atom. The summed E-state index contributed by atoms with van der Waals surface area (Å²) in [5, 5.41) is 3.48. The van der Waals surface area contributed by atoms with Crippen LogP contribution in [-0.2, 0) is 4.74 Å². The van der Waals surface area contributed by atoms with Crippen LogP contribution >= 0.6 is 24.0 Å². The minimum absolute atomic E-state index is 0. The van der Waals surface area contributed by atoms with Crippen LogP contribution in [0.25, 0.3) is 0 Å². The highest BCUT2D eigenvalue weighted by molar-refractivity contribution is 14.0. The molecule has 2 aliphatic heterocycles. The van der Waals surface area contributed by atoms with E-state index in [2.05, 4.69) is 23.2 Å². The molecule has 0 bridgehead atoms. The first-order valence-electron chi connectivity index (χ1n) is 9.10. The number of aliphatic imine (C=N–C) groups is 1. The molecule has 1 spiro atoms. The van der Waals surface area contributed by atoms with Crippen LogP contribution < -0.4 is 5.32 Å². The zero-order chi connectivity index (χ0) is 15.3. The summed E-state index contributed by atoms with van der Waals surface area (Å²) < 4.78 is 5.64. The van der Waals surface area contributed by atoms with E-state index in [1.54, 1.807) is 5.57 Å². The van der Waals surface area contributed by atoms with Gasteiger partial charge in [0.2, 0.25) is 0 Å². The van der Waals surface area contributed by atoms with Gasteiger partial charge in [0.15, 0.2) is 5.96 Å². The maximum Gasteiger partial charge on any atom is 0.193 e. The Labute approximate surface area is 158 Å². The second kappa shape index (κ2) is 9.25. The van der Waals surface area contributed by atoms with Gasteiger partial charge in [-0.3, -0.25) is 4.99 Å². The molecule has 3 aliphatic rings. The molecule has 0 amide bonds. The second-order valence-corrected chi connectivity index (χ2v) is 7.07. The molecule has 4 nitrogen and oxygen atoms in total. The van der Waals surface area contributed by atoms with Crippen molar-refractivity contribution in [3.05, 3.63) is 11.6 Å². The number of allylic oxidation sites excluding steroid dienone is 1. The molecule has 23 heavy (non-hydrogen) atoms. The van der Waals surface area contributed by atoms with Crippen LogP contribution in [0.15, 0.2) is 16.6 Å². The van der Waals surface area contributed by atoms with Gasteiger partial charge in [0.25, 0.3) is 0 Å². The number of guanidine groups is 1. The van der Waals surface area contributed by atoms with Crippen molar-refractivity contribution in [3.8, 4) is 0 Å². The van der Waals surface area contributed by atoms with Crippen LogP contribution in [0.1, 0.15) is 51.9 Å². The molecule has 2 fully saturated rings. The standard InChI is InChI=1S/C18H31N3O.HI/c1-2-19-17(20-11-8-16-6-4-3-5-7-16)21-12-9-18(14-21)10-13-22-15-18;/h6H,2-5,7-15H2,1H3,(H,19,20);1H. The lowest BCUT2D eigenvalue weighted by molar-refractivity contribution is 0.156. The van der Waals surface area contributed by atoms with Crippen LogP contribution in [0.4, 0.5) is 0 Å². The first-order valence-corrected chi connectivity index (χ1v) is 9.10. The van der Waals surface area contributed by atoms with E-state index in [4.69, 9.17) is 9.73 Å². The zero-order valence-corrected chi connectivity index (χ0v) is 16.8. The maximum absolute atomic E-state index is 5.64. The Morgan fingerprint density at radius 3 is 3.00 bits per heavy atom. The van der Waals surface area contributed by atoms with Crippen molar-refractivity contribution >= 4 is 29.9 Å². The predicted molar refractivity (Wildman–Crippen MR) is 107 cm³/mol. The maximum atomic E-state index is 5.64. The molecule has 132 valence electrons. The summed E-state index contributed by atoms with van der Waals surface area (Å²) in [6.45, 7) is 8.14. The molecule has 1 unspecified atom stereocenters. The van der Waals surface area contributed by atoms with Gasteiger partial charge >= 0.3 is 0 Å². The summed E-state index contributed by atoms with van der Waals surface area (Å²) in [5.74, 6) is 1.11. The van der Waals surface area contributed by atoms with Crippen LogP contribution in [-0.4, -0.2) is 50.3 Å². The van der Waals surface area contributed by atoms with Crippen molar-refractivity contribution in [3.63, 3.8) is 0 Å². The van der Waals surface area contributed by atoms with Crippen molar-refractivity contribution in [1.82, 2.24) is 10.2 Å². The second-order valence-electron chi connectivity index (χ2n) is 7.07. The van der Waals surface area contributed by atoms with Gasteiger partial charge in [-0.15, -0.1) is 24.0 Å². The summed E-state index contributed by atoms with van der Waals surface area (Å²) in [7, 11) is 0. The van der Waals surface area contributed by atoms with E-state index < -0.39 is 0 Å². The Hall–Kier alpha value is -0.300. The number of ether oxygens (including phenoxy) is 1. The van der Waals surface area contributed by atoms with Crippen molar-refractivity contribution < 1.29 is 4.74 Å². The lowest BCUT2D eigenvalue weighted by Crippen LogP contribution is -2.41. The molecular formula is C18H32IN3O. The molecule has 1 aliphatic carbocycles. The van der Waals surface area contributed by atoms with E-state index >= 15 is 0 Å². The molecule has 0 aromatic carbocycles. The monoisotopic (exact) mass is 433 g/mol. The van der Waals surface area contributed by atoms with Gasteiger partial charge in [0.05, 0.1) is 6.61 Å². The highest BCUT2D eigenvalue weighted by atomic mass is 127. The molecular weight excluding hydrogens is 401 g/mol. The summed E-state index contributed by atoms with van der Waals surface area (Å²) in [4.78, 5) is 7.35. The molecule has 2 saturated heterocycles. The normalized spacial score (nSPS) is 28.0. The number of hydrogen-bond donors (Lipinski definition) is 1. The van der Waals surface area contributed by atoms with Gasteiger partial charge in [0, 0.05) is 38.2 Å². The lowest BCUT2D eigenvalue weighted by Gasteiger charge is -2.25. The lowest BCUT2D eigenvalue weighted by atomic mass is 9.87. The van der Waals surface area contributed by atoms with Gasteiger partial charge in [-0.2, -0.15) is 0 Å². The van der Waals surface area contributed by atoms with Crippen LogP contribution in [0.3, 0.4) is 0 Å². The topological polar surface area (TPSA) is 36.9 Å². The quantitative estimate of drug-likeness (QED) is 0.319. The van der Waals surface area contributed by atoms with Crippen LogP contribution in [0.2, 0.25) is 0 Å². The molecule has 1 atom stereocenters. The fraction of sp³-hybridized carbons (Fsp3) is 0.833. The summed E-state index contributed by atoms with van der Waals surface area (Å²) in [6.07, 6.45) is 11.3. The first kappa shape index (κ1) is 19.0. The van der Waals surface area contributed by atoms with Crippen molar-refractivity contribution in [2.75, 3.05) is 39.4 Å². The minimum atomic E-state index is 0. The fourth-order valence-corrected chi connectivity index (χ4v) is 3.95. The Balaban J connectivity index is 0.00000192. The Kier molecular flexibility index (Phi) is 7.66. The van der Waals surface area contributed by atoms with Gasteiger partial charge < -0.3 is 15.0 Å². The first-order chi connectivity index (χ1) is 10.8. The van der Waals surface area contributed by atoms with Gasteiger partial charge in [-0.1, -0.05) is 11.6 Å². The summed E-state index contributed by atoms with van der Waals surface area (Å²) in [5.41, 5.74) is 2.02. The summed E-state index contributed by atoms with van der Waals surface area (Å²) in [6, 6.07) is 0. The molecule has 0 aromatic heterocycles. The average molecular weight is 433 g/mol. The zero-order valence-electron chi connectivity index (χ0n) is 14.5. The highest BCUT2D eigenvalue weighted by Crippen LogP contribution is 2.38. The highest BCUT2D eigenvalue weighted by Gasteiger charge is 2.42. The van der Waals surface area contributed by atoms with Crippen molar-refractivity contribution in [2.45, 2.75) is 51.9 Å². The molecule has 3 rings (SSSR count). The van der Waals surface area contributed by atoms with Crippen LogP contribution in [0, 0.1) is 5.41 Å². The van der Waals surface area contributed by atoms with E-state index in [1.165, 1.54) is 38.5 Å². The van der Waals surface area contributed by atoms with Gasteiger partial charge in [0.1, 0.15) is 0 Å². The smallest absolute Gasteiger partial charge is 0.193 e. The molecule has 5 heteroatoms. The van der Waals surface area contributed by atoms with E-state index in [0.717, 1.165) is 51.8 Å². The number of hydrogen-bond acceptors (Lipinski definition) is 2. The van der Waals surface area contributed by atoms with Crippen LogP contribution in [0.5, 0.6) is 0 Å². The van der Waals surface area contributed by atoms with Crippen molar-refractivity contribution in [1.29, 1.82) is 0 Å². The Bertz CT molecular complexity index is 430. The number of likely N-dealkylation sites (tertiary alicyclic amines) is 1. The largest absolute Gasteiger partial charge is 0.381 e. The van der Waals surface area contributed by atoms with Gasteiger partial charge in [-0.25, -0.2) is 0 Å². The third-order valence-electron chi connectivity index (χ3n) is 5.34. The number of rotatable bonds is 4. The summed E-state index contributed by atoms with van der Waals surface area (Å²) >= 11 is 0. The average Bonchev–Trinajstić information content (AvgIpc) is 3.18. The third-order valence-corrected chi connectivity index (χ3v) is 5.34. The molecule has 0 saturated carbocycles. The van der Waals surface area contributed by atoms with E-state index in [9.17, 15) is 0 Å². The number of halogens is 1.